The minimum Gasteiger partial charge on any atom is -0.384 e. The molecule has 0 radical (unpaired) electrons. The average molecular weight is 272 g/mol. The van der Waals surface area contributed by atoms with Gasteiger partial charge < -0.3 is 10.2 Å². The number of fused-ring (bicyclic) bond motifs is 1. The standard InChI is InChI=1S/C18H28N2/c1-13-10-14(2)15(3)20(12-13)9-8-16-11-19-18-7-5-4-6-17(16)18/h4-7,13-16,19H,8-12H2,1-3H3. The molecule has 2 nitrogen and oxygen atoms in total. The monoisotopic (exact) mass is 272 g/mol. The first-order valence-electron chi connectivity index (χ1n) is 8.22. The van der Waals surface area contributed by atoms with Gasteiger partial charge in [-0.2, -0.15) is 0 Å². The molecule has 20 heavy (non-hydrogen) atoms. The lowest BCUT2D eigenvalue weighted by Gasteiger charge is -2.41. The fourth-order valence-corrected chi connectivity index (χ4v) is 4.06. The molecule has 2 aliphatic heterocycles. The van der Waals surface area contributed by atoms with Crippen molar-refractivity contribution in [1.29, 1.82) is 0 Å². The first-order valence-corrected chi connectivity index (χ1v) is 8.22. The highest BCUT2D eigenvalue weighted by molar-refractivity contribution is 5.57. The Bertz CT molecular complexity index is 456. The van der Waals surface area contributed by atoms with E-state index in [1.165, 1.54) is 37.2 Å². The van der Waals surface area contributed by atoms with Crippen LogP contribution in [0.5, 0.6) is 0 Å². The number of hydrogen-bond donors (Lipinski definition) is 1. The second-order valence-electron chi connectivity index (χ2n) is 7.01. The van der Waals surface area contributed by atoms with Crippen LogP contribution in [0.2, 0.25) is 0 Å². The summed E-state index contributed by atoms with van der Waals surface area (Å²) in [6.45, 7) is 10.9. The summed E-state index contributed by atoms with van der Waals surface area (Å²) < 4.78 is 0. The molecular formula is C18H28N2. The van der Waals surface area contributed by atoms with Gasteiger partial charge in [-0.1, -0.05) is 32.0 Å². The molecular weight excluding hydrogens is 244 g/mol. The Morgan fingerprint density at radius 1 is 1.20 bits per heavy atom. The number of piperidine rings is 1. The van der Waals surface area contributed by atoms with E-state index in [9.17, 15) is 0 Å². The Morgan fingerprint density at radius 3 is 2.85 bits per heavy atom. The lowest BCUT2D eigenvalue weighted by Crippen LogP contribution is -2.46. The predicted octanol–water partition coefficient (Wildman–Crippen LogP) is 3.95. The number of nitrogens with one attached hydrogen (secondary N) is 1. The lowest BCUT2D eigenvalue weighted by molar-refractivity contribution is 0.0773. The number of nitrogens with zero attached hydrogens (tertiary/aromatic N) is 1. The molecule has 0 spiro atoms. The van der Waals surface area contributed by atoms with Crippen LogP contribution in [0.1, 0.15) is 45.1 Å². The summed E-state index contributed by atoms with van der Waals surface area (Å²) in [5.41, 5.74) is 2.88. The Morgan fingerprint density at radius 2 is 2.00 bits per heavy atom. The van der Waals surface area contributed by atoms with Gasteiger partial charge in [-0.25, -0.2) is 0 Å². The molecule has 1 N–H and O–H groups in total. The van der Waals surface area contributed by atoms with Crippen LogP contribution >= 0.6 is 0 Å². The molecule has 1 aromatic rings. The van der Waals surface area contributed by atoms with Crippen LogP contribution in [-0.2, 0) is 0 Å². The molecule has 4 atom stereocenters. The van der Waals surface area contributed by atoms with Gasteiger partial charge in [-0.3, -0.25) is 0 Å². The van der Waals surface area contributed by atoms with Gasteiger partial charge in [-0.15, -0.1) is 0 Å². The number of likely N-dealkylation sites (tertiary alicyclic amines) is 1. The summed E-state index contributed by atoms with van der Waals surface area (Å²) in [5.74, 6) is 2.40. The van der Waals surface area contributed by atoms with E-state index in [-0.39, 0.29) is 0 Å². The van der Waals surface area contributed by atoms with Crippen molar-refractivity contribution in [2.24, 2.45) is 11.8 Å². The molecule has 0 aromatic heterocycles. The van der Waals surface area contributed by atoms with Crippen LogP contribution in [-0.4, -0.2) is 30.6 Å². The third-order valence-electron chi connectivity index (χ3n) is 5.42. The molecule has 1 fully saturated rings. The molecule has 2 heteroatoms. The first kappa shape index (κ1) is 13.9. The van der Waals surface area contributed by atoms with Crippen LogP contribution in [0.4, 0.5) is 5.69 Å². The first-order chi connectivity index (χ1) is 9.65. The van der Waals surface area contributed by atoms with E-state index in [4.69, 9.17) is 0 Å². The Balaban J connectivity index is 1.60. The molecule has 0 aliphatic carbocycles. The molecule has 4 unspecified atom stereocenters. The maximum Gasteiger partial charge on any atom is 0.0376 e. The van der Waals surface area contributed by atoms with E-state index in [0.717, 1.165) is 24.4 Å². The van der Waals surface area contributed by atoms with Crippen molar-refractivity contribution in [3.63, 3.8) is 0 Å². The number of hydrogen-bond acceptors (Lipinski definition) is 2. The van der Waals surface area contributed by atoms with Gasteiger partial charge in [0.25, 0.3) is 0 Å². The predicted molar refractivity (Wildman–Crippen MR) is 86.3 cm³/mol. The number of anilines is 1. The van der Waals surface area contributed by atoms with E-state index in [1.807, 2.05) is 0 Å². The van der Waals surface area contributed by atoms with Crippen LogP contribution in [0.25, 0.3) is 0 Å². The van der Waals surface area contributed by atoms with Gasteiger partial charge in [0, 0.05) is 30.7 Å². The Kier molecular flexibility index (Phi) is 4.02. The SMILES string of the molecule is CC1CC(C)C(C)N(CCC2CNc3ccccc32)C1. The fraction of sp³-hybridized carbons (Fsp3) is 0.667. The zero-order chi connectivity index (χ0) is 14.1. The normalized spacial score (nSPS) is 33.8. The van der Waals surface area contributed by atoms with E-state index >= 15 is 0 Å². The summed E-state index contributed by atoms with van der Waals surface area (Å²) in [6.07, 6.45) is 2.68. The van der Waals surface area contributed by atoms with Crippen molar-refractivity contribution in [2.75, 3.05) is 25.0 Å². The number of benzene rings is 1. The molecule has 3 rings (SSSR count). The maximum atomic E-state index is 3.55. The molecule has 1 saturated heterocycles. The molecule has 0 saturated carbocycles. The summed E-state index contributed by atoms with van der Waals surface area (Å²) in [7, 11) is 0. The van der Waals surface area contributed by atoms with Gasteiger partial charge in [0.15, 0.2) is 0 Å². The highest BCUT2D eigenvalue weighted by Crippen LogP contribution is 2.34. The van der Waals surface area contributed by atoms with E-state index < -0.39 is 0 Å². The van der Waals surface area contributed by atoms with E-state index in [0.29, 0.717) is 5.92 Å². The number of rotatable bonds is 3. The molecule has 0 bridgehead atoms. The van der Waals surface area contributed by atoms with Gasteiger partial charge in [0.2, 0.25) is 0 Å². The summed E-state index contributed by atoms with van der Waals surface area (Å²) >= 11 is 0. The van der Waals surface area contributed by atoms with Crippen LogP contribution in [0, 0.1) is 11.8 Å². The quantitative estimate of drug-likeness (QED) is 0.896. The number of para-hydroxylation sites is 1. The minimum absolute atomic E-state index is 0.700. The van der Waals surface area contributed by atoms with Crippen molar-refractivity contribution in [3.8, 4) is 0 Å². The maximum absolute atomic E-state index is 3.55. The van der Waals surface area contributed by atoms with E-state index in [1.54, 1.807) is 0 Å². The second-order valence-corrected chi connectivity index (χ2v) is 7.01. The van der Waals surface area contributed by atoms with Gasteiger partial charge in [0.05, 0.1) is 0 Å². The van der Waals surface area contributed by atoms with E-state index in [2.05, 4.69) is 55.3 Å². The average Bonchev–Trinajstić information content (AvgIpc) is 2.84. The van der Waals surface area contributed by atoms with Gasteiger partial charge in [0.1, 0.15) is 0 Å². The summed E-state index contributed by atoms with van der Waals surface area (Å²) in [6, 6.07) is 9.56. The fourth-order valence-electron chi connectivity index (χ4n) is 4.06. The smallest absolute Gasteiger partial charge is 0.0376 e. The van der Waals surface area contributed by atoms with Crippen molar-refractivity contribution < 1.29 is 0 Å². The van der Waals surface area contributed by atoms with Crippen LogP contribution in [0.3, 0.4) is 0 Å². The van der Waals surface area contributed by atoms with Crippen molar-refractivity contribution in [2.45, 2.75) is 45.6 Å². The molecule has 110 valence electrons. The van der Waals surface area contributed by atoms with Crippen molar-refractivity contribution in [3.05, 3.63) is 29.8 Å². The Hall–Kier alpha value is -1.02. The highest BCUT2D eigenvalue weighted by Gasteiger charge is 2.29. The highest BCUT2D eigenvalue weighted by atomic mass is 15.2. The van der Waals surface area contributed by atoms with Gasteiger partial charge in [-0.05, 0) is 49.8 Å². The largest absolute Gasteiger partial charge is 0.384 e. The minimum atomic E-state index is 0.700. The lowest BCUT2D eigenvalue weighted by atomic mass is 9.85. The topological polar surface area (TPSA) is 15.3 Å². The third-order valence-corrected chi connectivity index (χ3v) is 5.42. The third kappa shape index (κ3) is 2.71. The summed E-state index contributed by atoms with van der Waals surface area (Å²) in [4.78, 5) is 2.72. The zero-order valence-electron chi connectivity index (χ0n) is 13.1. The van der Waals surface area contributed by atoms with Crippen molar-refractivity contribution >= 4 is 5.69 Å². The molecule has 0 amide bonds. The van der Waals surface area contributed by atoms with Crippen LogP contribution < -0.4 is 5.32 Å². The molecule has 2 aliphatic rings. The molecule has 1 aromatic carbocycles. The second kappa shape index (κ2) is 5.77. The van der Waals surface area contributed by atoms with Crippen molar-refractivity contribution in [1.82, 2.24) is 4.90 Å². The molecule has 2 heterocycles. The summed E-state index contributed by atoms with van der Waals surface area (Å²) in [5, 5.41) is 3.55. The Labute approximate surface area is 123 Å². The van der Waals surface area contributed by atoms with Gasteiger partial charge >= 0.3 is 0 Å². The zero-order valence-corrected chi connectivity index (χ0v) is 13.1. The van der Waals surface area contributed by atoms with Crippen LogP contribution in [0.15, 0.2) is 24.3 Å².